The van der Waals surface area contributed by atoms with Gasteiger partial charge in [-0.1, -0.05) is 11.6 Å². The number of thiophene rings is 1. The van der Waals surface area contributed by atoms with Crippen LogP contribution in [0.2, 0.25) is 5.02 Å². The van der Waals surface area contributed by atoms with Gasteiger partial charge >= 0.3 is 0 Å². The van der Waals surface area contributed by atoms with E-state index >= 15 is 0 Å². The Kier molecular flexibility index (Phi) is 4.50. The molecule has 1 amide bonds. The molecule has 0 aliphatic carbocycles. The van der Waals surface area contributed by atoms with Gasteiger partial charge in [-0.3, -0.25) is 4.79 Å². The fourth-order valence-corrected chi connectivity index (χ4v) is 4.24. The van der Waals surface area contributed by atoms with Crippen molar-refractivity contribution < 1.29 is 9.53 Å². The van der Waals surface area contributed by atoms with Gasteiger partial charge < -0.3 is 10.1 Å². The maximum Gasteiger partial charge on any atom is 0.261 e. The third kappa shape index (κ3) is 3.29. The molecule has 1 aliphatic heterocycles. The first kappa shape index (κ1) is 16.6. The molecule has 2 aromatic heterocycles. The predicted octanol–water partition coefficient (Wildman–Crippen LogP) is 3.96. The number of amides is 1. The van der Waals surface area contributed by atoms with E-state index in [4.69, 9.17) is 16.3 Å². The summed E-state index contributed by atoms with van der Waals surface area (Å²) >= 11 is 7.42. The summed E-state index contributed by atoms with van der Waals surface area (Å²) in [5.41, 5.74) is 1.83. The number of halogens is 1. The number of hydrogen-bond acceptors (Lipinski definition) is 4. The number of aromatic nitrogens is 2. The van der Waals surface area contributed by atoms with Crippen LogP contribution in [0, 0.1) is 6.92 Å². The van der Waals surface area contributed by atoms with E-state index in [0.717, 1.165) is 41.0 Å². The second kappa shape index (κ2) is 6.78. The van der Waals surface area contributed by atoms with Crippen LogP contribution in [0.15, 0.2) is 30.3 Å². The lowest BCUT2D eigenvalue weighted by Crippen LogP contribution is -2.31. The highest BCUT2D eigenvalue weighted by Crippen LogP contribution is 2.30. The Hall–Kier alpha value is -1.89. The molecule has 0 spiro atoms. The molecule has 0 unspecified atom stereocenters. The molecule has 1 aliphatic rings. The van der Waals surface area contributed by atoms with Gasteiger partial charge in [0.1, 0.15) is 4.83 Å². The standard InChI is InChI=1S/C18H18ClN3O2S/c1-11-15-9-16(17(23)20-10-14-3-2-8-24-14)25-18(15)22(21-11)13-6-4-12(19)5-7-13/h4-7,9,14H,2-3,8,10H2,1H3,(H,20,23)/t14-/m0/s1. The number of carbonyl (C=O) groups is 1. The first-order valence-corrected chi connectivity index (χ1v) is 9.46. The number of rotatable bonds is 4. The Bertz CT molecular complexity index is 910. The lowest BCUT2D eigenvalue weighted by Gasteiger charge is -2.09. The van der Waals surface area contributed by atoms with Crippen LogP contribution in [0.25, 0.3) is 15.9 Å². The summed E-state index contributed by atoms with van der Waals surface area (Å²) in [5, 5.41) is 9.26. The van der Waals surface area contributed by atoms with Crippen molar-refractivity contribution in [2.75, 3.05) is 13.2 Å². The van der Waals surface area contributed by atoms with Crippen LogP contribution in [0.3, 0.4) is 0 Å². The molecular formula is C18H18ClN3O2S. The molecule has 1 aromatic carbocycles. The van der Waals surface area contributed by atoms with Crippen LogP contribution in [0.5, 0.6) is 0 Å². The average molecular weight is 376 g/mol. The van der Waals surface area contributed by atoms with E-state index in [9.17, 15) is 4.79 Å². The number of carbonyl (C=O) groups excluding carboxylic acids is 1. The van der Waals surface area contributed by atoms with Crippen LogP contribution in [0.1, 0.15) is 28.2 Å². The van der Waals surface area contributed by atoms with Crippen LogP contribution in [0.4, 0.5) is 0 Å². The predicted molar refractivity (Wildman–Crippen MR) is 100 cm³/mol. The second-order valence-corrected chi connectivity index (χ2v) is 7.62. The summed E-state index contributed by atoms with van der Waals surface area (Å²) in [6.07, 6.45) is 2.22. The van der Waals surface area contributed by atoms with Crippen molar-refractivity contribution >= 4 is 39.1 Å². The fourth-order valence-electron chi connectivity index (χ4n) is 3.02. The van der Waals surface area contributed by atoms with Gasteiger partial charge in [0.05, 0.1) is 22.4 Å². The summed E-state index contributed by atoms with van der Waals surface area (Å²) in [7, 11) is 0. The molecule has 0 bridgehead atoms. The van der Waals surface area contributed by atoms with E-state index in [0.29, 0.717) is 16.4 Å². The van der Waals surface area contributed by atoms with E-state index < -0.39 is 0 Å². The second-order valence-electron chi connectivity index (χ2n) is 6.15. The van der Waals surface area contributed by atoms with Gasteiger partial charge in [-0.2, -0.15) is 5.10 Å². The molecule has 1 N–H and O–H groups in total. The van der Waals surface area contributed by atoms with Crippen molar-refractivity contribution in [2.45, 2.75) is 25.9 Å². The number of ether oxygens (including phenoxy) is 1. The molecule has 7 heteroatoms. The highest BCUT2D eigenvalue weighted by Gasteiger charge is 2.20. The molecule has 3 aromatic rings. The molecule has 1 atom stereocenters. The van der Waals surface area contributed by atoms with Crippen molar-refractivity contribution in [2.24, 2.45) is 0 Å². The third-order valence-electron chi connectivity index (χ3n) is 4.35. The summed E-state index contributed by atoms with van der Waals surface area (Å²) in [6.45, 7) is 3.31. The molecular weight excluding hydrogens is 358 g/mol. The lowest BCUT2D eigenvalue weighted by molar-refractivity contribution is 0.0861. The van der Waals surface area contributed by atoms with Crippen LogP contribution in [-0.2, 0) is 4.74 Å². The zero-order valence-corrected chi connectivity index (χ0v) is 15.4. The number of aryl methyl sites for hydroxylation is 1. The Morgan fingerprint density at radius 3 is 2.96 bits per heavy atom. The van der Waals surface area contributed by atoms with Gasteiger partial charge in [-0.25, -0.2) is 4.68 Å². The topological polar surface area (TPSA) is 56.2 Å². The maximum absolute atomic E-state index is 12.5. The molecule has 3 heterocycles. The first-order chi connectivity index (χ1) is 12.1. The van der Waals surface area contributed by atoms with Crippen molar-refractivity contribution in [3.63, 3.8) is 0 Å². The van der Waals surface area contributed by atoms with Gasteiger partial charge in [0.25, 0.3) is 5.91 Å². The number of fused-ring (bicyclic) bond motifs is 1. The Labute approximate surface area is 154 Å². The van der Waals surface area contributed by atoms with Crippen LogP contribution < -0.4 is 5.32 Å². The van der Waals surface area contributed by atoms with Gasteiger partial charge in [-0.05, 0) is 50.1 Å². The highest BCUT2D eigenvalue weighted by molar-refractivity contribution is 7.20. The molecule has 5 nitrogen and oxygen atoms in total. The van der Waals surface area contributed by atoms with Gasteiger partial charge in [0, 0.05) is 23.6 Å². The zero-order valence-electron chi connectivity index (χ0n) is 13.8. The van der Waals surface area contributed by atoms with Crippen molar-refractivity contribution in [1.29, 1.82) is 0 Å². The number of benzene rings is 1. The minimum atomic E-state index is -0.0567. The average Bonchev–Trinajstić information content (AvgIpc) is 3.32. The monoisotopic (exact) mass is 375 g/mol. The maximum atomic E-state index is 12.5. The summed E-state index contributed by atoms with van der Waals surface area (Å²) in [6, 6.07) is 9.43. The molecule has 4 rings (SSSR count). The summed E-state index contributed by atoms with van der Waals surface area (Å²) < 4.78 is 7.42. The molecule has 0 saturated carbocycles. The number of hydrogen-bond donors (Lipinski definition) is 1. The van der Waals surface area contributed by atoms with E-state index in [1.165, 1.54) is 11.3 Å². The smallest absolute Gasteiger partial charge is 0.261 e. The largest absolute Gasteiger partial charge is 0.376 e. The molecule has 25 heavy (non-hydrogen) atoms. The van der Waals surface area contributed by atoms with E-state index in [-0.39, 0.29) is 12.0 Å². The first-order valence-electron chi connectivity index (χ1n) is 8.27. The quantitative estimate of drug-likeness (QED) is 0.751. The van der Waals surface area contributed by atoms with E-state index in [1.807, 2.05) is 41.9 Å². The van der Waals surface area contributed by atoms with Crippen molar-refractivity contribution in [1.82, 2.24) is 15.1 Å². The summed E-state index contributed by atoms with van der Waals surface area (Å²) in [4.78, 5) is 14.1. The van der Waals surface area contributed by atoms with Gasteiger partial charge in [-0.15, -0.1) is 11.3 Å². The van der Waals surface area contributed by atoms with E-state index in [1.54, 1.807) is 0 Å². The Balaban J connectivity index is 1.60. The summed E-state index contributed by atoms with van der Waals surface area (Å²) in [5.74, 6) is -0.0567. The van der Waals surface area contributed by atoms with Crippen molar-refractivity contribution in [3.05, 3.63) is 45.9 Å². The normalized spacial score (nSPS) is 17.3. The Morgan fingerprint density at radius 1 is 1.44 bits per heavy atom. The van der Waals surface area contributed by atoms with Gasteiger partial charge in [0.2, 0.25) is 0 Å². The number of nitrogens with one attached hydrogen (secondary N) is 1. The molecule has 1 saturated heterocycles. The number of nitrogens with zero attached hydrogens (tertiary/aromatic N) is 2. The minimum Gasteiger partial charge on any atom is -0.376 e. The SMILES string of the molecule is Cc1nn(-c2ccc(Cl)cc2)c2sc(C(=O)NC[C@@H]3CCCO3)cc12. The van der Waals surface area contributed by atoms with Crippen LogP contribution in [-0.4, -0.2) is 34.9 Å². The zero-order chi connectivity index (χ0) is 17.4. The molecule has 130 valence electrons. The third-order valence-corrected chi connectivity index (χ3v) is 5.72. The molecule has 0 radical (unpaired) electrons. The molecule has 1 fully saturated rings. The van der Waals surface area contributed by atoms with E-state index in [2.05, 4.69) is 10.4 Å². The lowest BCUT2D eigenvalue weighted by atomic mass is 10.2. The highest BCUT2D eigenvalue weighted by atomic mass is 35.5. The minimum absolute atomic E-state index is 0.0567. The van der Waals surface area contributed by atoms with Crippen LogP contribution >= 0.6 is 22.9 Å². The fraction of sp³-hybridized carbons (Fsp3) is 0.333. The van der Waals surface area contributed by atoms with Gasteiger partial charge in [0.15, 0.2) is 0 Å². The Morgan fingerprint density at radius 2 is 2.24 bits per heavy atom. The van der Waals surface area contributed by atoms with Crippen molar-refractivity contribution in [3.8, 4) is 5.69 Å².